The van der Waals surface area contributed by atoms with Gasteiger partial charge in [0.15, 0.2) is 0 Å². The first kappa shape index (κ1) is 15.2. The number of hydrogen-bond acceptors (Lipinski definition) is 4. The van der Waals surface area contributed by atoms with Crippen LogP contribution in [0.4, 0.5) is 0 Å². The van der Waals surface area contributed by atoms with Crippen LogP contribution in [0.25, 0.3) is 0 Å². The van der Waals surface area contributed by atoms with E-state index in [2.05, 4.69) is 43.4 Å². The molecule has 4 heteroatoms. The van der Waals surface area contributed by atoms with E-state index in [1.54, 1.807) is 18.4 Å². The van der Waals surface area contributed by atoms with Crippen LogP contribution < -0.4 is 5.32 Å². The van der Waals surface area contributed by atoms with Gasteiger partial charge in [0.05, 0.1) is 17.3 Å². The molecule has 1 aromatic carbocycles. The zero-order valence-corrected chi connectivity index (χ0v) is 13.2. The zero-order valence-electron chi connectivity index (χ0n) is 12.4. The number of hydrogen-bond donors (Lipinski definition) is 1. The third kappa shape index (κ3) is 4.13. The van der Waals surface area contributed by atoms with Gasteiger partial charge < -0.3 is 10.1 Å². The summed E-state index contributed by atoms with van der Waals surface area (Å²) in [6.45, 7) is 6.66. The van der Waals surface area contributed by atoms with Crippen molar-refractivity contribution in [2.45, 2.75) is 33.4 Å². The van der Waals surface area contributed by atoms with E-state index < -0.39 is 0 Å². The summed E-state index contributed by atoms with van der Waals surface area (Å²) in [5, 5.41) is 4.52. The highest BCUT2D eigenvalue weighted by Crippen LogP contribution is 2.22. The molecule has 20 heavy (non-hydrogen) atoms. The lowest BCUT2D eigenvalue weighted by molar-refractivity contribution is 0.181. The topological polar surface area (TPSA) is 34.2 Å². The van der Waals surface area contributed by atoms with Gasteiger partial charge in [-0.3, -0.25) is 0 Å². The van der Waals surface area contributed by atoms with Gasteiger partial charge >= 0.3 is 0 Å². The molecule has 0 spiro atoms. The summed E-state index contributed by atoms with van der Waals surface area (Å²) in [5.74, 6) is 0. The van der Waals surface area contributed by atoms with Crippen LogP contribution in [-0.2, 0) is 24.3 Å². The molecular weight excluding hydrogens is 268 g/mol. The van der Waals surface area contributed by atoms with E-state index in [9.17, 15) is 0 Å². The number of ether oxygens (including phenoxy) is 1. The highest BCUT2D eigenvalue weighted by Gasteiger charge is 2.11. The lowest BCUT2D eigenvalue weighted by Crippen LogP contribution is -2.12. The largest absolute Gasteiger partial charge is 0.378 e. The van der Waals surface area contributed by atoms with E-state index in [1.807, 2.05) is 0 Å². The monoisotopic (exact) mass is 290 g/mol. The number of nitrogens with one attached hydrogen (secondary N) is 1. The van der Waals surface area contributed by atoms with Crippen LogP contribution in [0.3, 0.4) is 0 Å². The Balaban J connectivity index is 2.12. The maximum atomic E-state index is 5.24. The normalized spacial score (nSPS) is 10.9. The molecule has 0 amide bonds. The number of benzene rings is 1. The van der Waals surface area contributed by atoms with Gasteiger partial charge in [-0.2, -0.15) is 0 Å². The molecule has 1 N–H and O–H groups in total. The van der Waals surface area contributed by atoms with Gasteiger partial charge in [-0.15, -0.1) is 11.3 Å². The molecular formula is C16H22N2OS. The number of aromatic nitrogens is 1. The average Bonchev–Trinajstić information content (AvgIpc) is 2.81. The van der Waals surface area contributed by atoms with Gasteiger partial charge in [0.2, 0.25) is 0 Å². The molecule has 0 unspecified atom stereocenters. The molecule has 2 rings (SSSR count). The maximum Gasteiger partial charge on any atom is 0.0976 e. The molecule has 2 aromatic rings. The maximum absolute atomic E-state index is 5.24. The Labute approximate surface area is 125 Å². The Kier molecular flexibility index (Phi) is 5.71. The van der Waals surface area contributed by atoms with E-state index in [1.165, 1.54) is 16.0 Å². The van der Waals surface area contributed by atoms with Crippen molar-refractivity contribution in [3.05, 3.63) is 51.0 Å². The molecule has 0 atom stereocenters. The first-order valence-corrected chi connectivity index (χ1v) is 7.77. The zero-order chi connectivity index (χ0) is 14.4. The molecule has 0 aliphatic heterocycles. The van der Waals surface area contributed by atoms with E-state index in [0.29, 0.717) is 6.61 Å². The van der Waals surface area contributed by atoms with Crippen molar-refractivity contribution in [2.24, 2.45) is 0 Å². The van der Waals surface area contributed by atoms with Crippen LogP contribution in [0.5, 0.6) is 0 Å². The van der Waals surface area contributed by atoms with Crippen LogP contribution >= 0.6 is 11.3 Å². The SMILES string of the molecule is CCNCc1sc(Cc2ccc(C)cc2)nc1COC. The van der Waals surface area contributed by atoms with Crippen LogP contribution in [0.15, 0.2) is 24.3 Å². The van der Waals surface area contributed by atoms with E-state index >= 15 is 0 Å². The fourth-order valence-electron chi connectivity index (χ4n) is 2.02. The molecule has 0 saturated heterocycles. The summed E-state index contributed by atoms with van der Waals surface area (Å²) < 4.78 is 5.24. The molecule has 0 aliphatic rings. The Morgan fingerprint density at radius 1 is 1.25 bits per heavy atom. The van der Waals surface area contributed by atoms with Crippen LogP contribution in [0.2, 0.25) is 0 Å². The molecule has 1 heterocycles. The fourth-order valence-corrected chi connectivity index (χ4v) is 3.09. The van der Waals surface area contributed by atoms with E-state index in [0.717, 1.165) is 30.2 Å². The molecule has 0 bridgehead atoms. The smallest absolute Gasteiger partial charge is 0.0976 e. The van der Waals surface area contributed by atoms with Crippen molar-refractivity contribution in [2.75, 3.05) is 13.7 Å². The van der Waals surface area contributed by atoms with Crippen molar-refractivity contribution >= 4 is 11.3 Å². The van der Waals surface area contributed by atoms with Gasteiger partial charge in [0, 0.05) is 25.0 Å². The standard InChI is InChI=1S/C16H22N2OS/c1-4-17-10-15-14(11-19-3)18-16(20-15)9-13-7-5-12(2)6-8-13/h5-8,17H,4,9-11H2,1-3H3. The summed E-state index contributed by atoms with van der Waals surface area (Å²) in [6.07, 6.45) is 0.897. The van der Waals surface area contributed by atoms with Gasteiger partial charge in [0.1, 0.15) is 0 Å². The van der Waals surface area contributed by atoms with E-state index in [4.69, 9.17) is 9.72 Å². The molecule has 0 fully saturated rings. The third-order valence-corrected chi connectivity index (χ3v) is 4.21. The van der Waals surface area contributed by atoms with Crippen LogP contribution in [0.1, 0.15) is 33.6 Å². The second kappa shape index (κ2) is 7.53. The van der Waals surface area contributed by atoms with Crippen LogP contribution in [-0.4, -0.2) is 18.6 Å². The first-order chi connectivity index (χ1) is 9.72. The number of rotatable bonds is 7. The highest BCUT2D eigenvalue weighted by molar-refractivity contribution is 7.11. The number of aryl methyl sites for hydroxylation is 1. The predicted octanol–water partition coefficient (Wildman–Crippen LogP) is 3.30. The summed E-state index contributed by atoms with van der Waals surface area (Å²) in [4.78, 5) is 6.01. The van der Waals surface area contributed by atoms with Crippen molar-refractivity contribution < 1.29 is 4.74 Å². The summed E-state index contributed by atoms with van der Waals surface area (Å²) >= 11 is 1.78. The lowest BCUT2D eigenvalue weighted by Gasteiger charge is -2.00. The lowest BCUT2D eigenvalue weighted by atomic mass is 10.1. The Morgan fingerprint density at radius 3 is 2.65 bits per heavy atom. The summed E-state index contributed by atoms with van der Waals surface area (Å²) in [7, 11) is 1.72. The Bertz CT molecular complexity index is 534. The second-order valence-electron chi connectivity index (χ2n) is 4.85. The van der Waals surface area contributed by atoms with Gasteiger partial charge in [-0.05, 0) is 19.0 Å². The number of nitrogens with zero attached hydrogens (tertiary/aromatic N) is 1. The van der Waals surface area contributed by atoms with Crippen molar-refractivity contribution in [3.8, 4) is 0 Å². The minimum atomic E-state index is 0.588. The third-order valence-electron chi connectivity index (χ3n) is 3.12. The van der Waals surface area contributed by atoms with Gasteiger partial charge in [-0.1, -0.05) is 36.8 Å². The van der Waals surface area contributed by atoms with Crippen molar-refractivity contribution in [1.82, 2.24) is 10.3 Å². The second-order valence-corrected chi connectivity index (χ2v) is 6.02. The minimum absolute atomic E-state index is 0.588. The quantitative estimate of drug-likeness (QED) is 0.849. The molecule has 0 radical (unpaired) electrons. The molecule has 0 saturated carbocycles. The molecule has 108 valence electrons. The fraction of sp³-hybridized carbons (Fsp3) is 0.438. The first-order valence-electron chi connectivity index (χ1n) is 6.95. The Morgan fingerprint density at radius 2 is 2.00 bits per heavy atom. The van der Waals surface area contributed by atoms with Crippen LogP contribution in [0, 0.1) is 6.92 Å². The average molecular weight is 290 g/mol. The predicted molar refractivity (Wildman–Crippen MR) is 84.2 cm³/mol. The Hall–Kier alpha value is -1.23. The van der Waals surface area contributed by atoms with Crippen molar-refractivity contribution in [3.63, 3.8) is 0 Å². The number of methoxy groups -OCH3 is 1. The van der Waals surface area contributed by atoms with Crippen molar-refractivity contribution in [1.29, 1.82) is 0 Å². The molecule has 3 nitrogen and oxygen atoms in total. The van der Waals surface area contributed by atoms with E-state index in [-0.39, 0.29) is 0 Å². The summed E-state index contributed by atoms with van der Waals surface area (Å²) in [6, 6.07) is 8.66. The highest BCUT2D eigenvalue weighted by atomic mass is 32.1. The minimum Gasteiger partial charge on any atom is -0.378 e. The summed E-state index contributed by atoms with van der Waals surface area (Å²) in [5.41, 5.74) is 3.67. The molecule has 1 aromatic heterocycles. The molecule has 0 aliphatic carbocycles. The van der Waals surface area contributed by atoms with Gasteiger partial charge in [0.25, 0.3) is 0 Å². The number of thiazole rings is 1. The van der Waals surface area contributed by atoms with Gasteiger partial charge in [-0.25, -0.2) is 4.98 Å².